The number of ether oxygens (including phenoxy) is 2. The van der Waals surface area contributed by atoms with E-state index in [0.29, 0.717) is 6.08 Å². The lowest BCUT2D eigenvalue weighted by atomic mass is 10.3. The first kappa shape index (κ1) is 18.3. The van der Waals surface area contributed by atoms with E-state index in [9.17, 15) is 35.9 Å². The first-order chi connectivity index (χ1) is 8.84. The van der Waals surface area contributed by atoms with Gasteiger partial charge in [0.25, 0.3) is 6.10 Å². The molecule has 0 aromatic carbocycles. The molecule has 0 amide bonds. The number of carbonyl (C=O) groups is 2. The molecule has 116 valence electrons. The van der Waals surface area contributed by atoms with Crippen LogP contribution in [0.3, 0.4) is 0 Å². The van der Waals surface area contributed by atoms with Gasteiger partial charge in [0.2, 0.25) is 0 Å². The molecular weight excluding hydrogens is 298 g/mol. The number of carbonyl (C=O) groups excluding carboxylic acids is 2. The minimum atomic E-state index is -5.81. The Morgan fingerprint density at radius 2 is 1.20 bits per heavy atom. The Morgan fingerprint density at radius 3 is 1.50 bits per heavy atom. The zero-order valence-electron chi connectivity index (χ0n) is 10.2. The van der Waals surface area contributed by atoms with Crippen LogP contribution in [-0.4, -0.2) is 36.5 Å². The van der Waals surface area contributed by atoms with Gasteiger partial charge in [-0.15, -0.1) is 0 Å². The number of rotatable bonds is 4. The van der Waals surface area contributed by atoms with Crippen LogP contribution in [-0.2, 0) is 19.1 Å². The van der Waals surface area contributed by atoms with Crippen LogP contribution in [0.1, 0.15) is 13.8 Å². The first-order valence-electron chi connectivity index (χ1n) is 5.06. The van der Waals surface area contributed by atoms with Crippen molar-refractivity contribution in [3.05, 3.63) is 12.2 Å². The van der Waals surface area contributed by atoms with Crippen molar-refractivity contribution < 1.29 is 45.4 Å². The first-order valence-corrected chi connectivity index (χ1v) is 5.06. The fourth-order valence-corrected chi connectivity index (χ4v) is 0.882. The van der Waals surface area contributed by atoms with Crippen molar-refractivity contribution in [3.8, 4) is 0 Å². The average Bonchev–Trinajstić information content (AvgIpc) is 2.18. The van der Waals surface area contributed by atoms with Crippen molar-refractivity contribution in [2.45, 2.75) is 38.4 Å². The molecule has 0 aliphatic carbocycles. The summed E-state index contributed by atoms with van der Waals surface area (Å²) in [5, 5.41) is 0. The van der Waals surface area contributed by atoms with E-state index in [0.717, 1.165) is 0 Å². The lowest BCUT2D eigenvalue weighted by molar-refractivity contribution is -0.312. The summed E-state index contributed by atoms with van der Waals surface area (Å²) in [5.41, 5.74) is 0. The van der Waals surface area contributed by atoms with E-state index in [-0.39, 0.29) is 6.08 Å². The molecule has 0 spiro atoms. The van der Waals surface area contributed by atoms with E-state index in [1.807, 2.05) is 0 Å². The molecule has 0 saturated carbocycles. The predicted molar refractivity (Wildman–Crippen MR) is 52.4 cm³/mol. The normalized spacial score (nSPS) is 13.1. The van der Waals surface area contributed by atoms with E-state index < -0.39 is 36.5 Å². The van der Waals surface area contributed by atoms with Crippen LogP contribution in [0, 0.1) is 0 Å². The monoisotopic (exact) mass is 308 g/mol. The van der Waals surface area contributed by atoms with Gasteiger partial charge in [-0.3, -0.25) is 0 Å². The Hall–Kier alpha value is -1.74. The molecule has 0 fully saturated rings. The van der Waals surface area contributed by atoms with E-state index in [1.54, 1.807) is 0 Å². The lowest BCUT2D eigenvalue weighted by Crippen LogP contribution is -2.45. The molecule has 4 nitrogen and oxygen atoms in total. The Morgan fingerprint density at radius 1 is 0.850 bits per heavy atom. The van der Waals surface area contributed by atoms with E-state index >= 15 is 0 Å². The van der Waals surface area contributed by atoms with Gasteiger partial charge in [-0.25, -0.2) is 9.59 Å². The molecule has 0 aromatic heterocycles. The van der Waals surface area contributed by atoms with Crippen LogP contribution in [0.5, 0.6) is 0 Å². The Kier molecular flexibility index (Phi) is 6.04. The maximum absolute atomic E-state index is 12.0. The molecule has 0 saturated heterocycles. The molecule has 0 aliphatic rings. The summed E-state index contributed by atoms with van der Waals surface area (Å²) >= 11 is 0. The number of hydrogen-bond acceptors (Lipinski definition) is 4. The summed E-state index contributed by atoms with van der Waals surface area (Å²) < 4.78 is 79.9. The molecule has 0 heterocycles. The minimum absolute atomic E-state index is 0.120. The Bertz CT molecular complexity index is 368. The number of halogens is 6. The molecule has 0 radical (unpaired) electrons. The highest BCUT2D eigenvalue weighted by molar-refractivity contribution is 5.91. The Labute approximate surface area is 109 Å². The Balaban J connectivity index is 4.72. The minimum Gasteiger partial charge on any atom is -0.460 e. The van der Waals surface area contributed by atoms with Crippen molar-refractivity contribution in [1.29, 1.82) is 0 Å². The third-order valence-corrected chi connectivity index (χ3v) is 1.54. The molecule has 0 N–H and O–H groups in total. The molecular formula is C10H10F6O4. The third kappa shape index (κ3) is 7.00. The van der Waals surface area contributed by atoms with Crippen LogP contribution >= 0.6 is 0 Å². The quantitative estimate of drug-likeness (QED) is 0.455. The van der Waals surface area contributed by atoms with Gasteiger partial charge in [-0.2, -0.15) is 26.3 Å². The van der Waals surface area contributed by atoms with Gasteiger partial charge in [-0.05, 0) is 13.8 Å². The molecule has 10 heteroatoms. The summed E-state index contributed by atoms with van der Waals surface area (Å²) in [6, 6.07) is 0. The van der Waals surface area contributed by atoms with E-state index in [4.69, 9.17) is 0 Å². The summed E-state index contributed by atoms with van der Waals surface area (Å²) in [6.45, 7) is 2.90. The highest BCUT2D eigenvalue weighted by Gasteiger charge is 2.59. The molecule has 0 aromatic rings. The highest BCUT2D eigenvalue weighted by Crippen LogP contribution is 2.35. The summed E-state index contributed by atoms with van der Waals surface area (Å²) in [4.78, 5) is 21.7. The van der Waals surface area contributed by atoms with Crippen LogP contribution < -0.4 is 0 Å². The van der Waals surface area contributed by atoms with Gasteiger partial charge in [0.1, 0.15) is 0 Å². The fraction of sp³-hybridized carbons (Fsp3) is 0.600. The number of hydrogen-bond donors (Lipinski definition) is 0. The molecule has 0 aliphatic heterocycles. The van der Waals surface area contributed by atoms with Crippen molar-refractivity contribution in [2.75, 3.05) is 0 Å². The van der Waals surface area contributed by atoms with Gasteiger partial charge >= 0.3 is 24.3 Å². The second-order valence-corrected chi connectivity index (χ2v) is 3.72. The summed E-state index contributed by atoms with van der Waals surface area (Å²) in [6.07, 6.45) is -15.9. The highest BCUT2D eigenvalue weighted by atomic mass is 19.4. The maximum atomic E-state index is 12.0. The third-order valence-electron chi connectivity index (χ3n) is 1.54. The second kappa shape index (κ2) is 6.62. The predicted octanol–water partition coefficient (Wildman–Crippen LogP) is 2.53. The molecule has 0 rings (SSSR count). The largest absolute Gasteiger partial charge is 0.460 e. The molecule has 20 heavy (non-hydrogen) atoms. The molecule has 0 unspecified atom stereocenters. The van der Waals surface area contributed by atoms with Gasteiger partial charge < -0.3 is 9.47 Å². The topological polar surface area (TPSA) is 52.6 Å². The van der Waals surface area contributed by atoms with Crippen LogP contribution in [0.2, 0.25) is 0 Å². The van der Waals surface area contributed by atoms with Gasteiger partial charge in [0.15, 0.2) is 0 Å². The van der Waals surface area contributed by atoms with Gasteiger partial charge in [-0.1, -0.05) is 0 Å². The van der Waals surface area contributed by atoms with Crippen molar-refractivity contribution in [2.24, 2.45) is 0 Å². The average molecular weight is 308 g/mol. The second-order valence-electron chi connectivity index (χ2n) is 3.72. The molecule has 0 atom stereocenters. The fourth-order valence-electron chi connectivity index (χ4n) is 0.882. The van der Waals surface area contributed by atoms with Crippen molar-refractivity contribution in [1.82, 2.24) is 0 Å². The van der Waals surface area contributed by atoms with Crippen LogP contribution in [0.4, 0.5) is 26.3 Å². The SMILES string of the molecule is CC(C)OC(=O)C=CC(=O)OC(C(F)(F)F)C(F)(F)F. The summed E-state index contributed by atoms with van der Waals surface area (Å²) in [5.74, 6) is -3.07. The van der Waals surface area contributed by atoms with Gasteiger partial charge in [0, 0.05) is 12.2 Å². The van der Waals surface area contributed by atoms with Gasteiger partial charge in [0.05, 0.1) is 6.10 Å². The van der Waals surface area contributed by atoms with Crippen molar-refractivity contribution >= 4 is 11.9 Å². The van der Waals surface area contributed by atoms with E-state index in [1.165, 1.54) is 13.8 Å². The van der Waals surface area contributed by atoms with Crippen LogP contribution in [0.25, 0.3) is 0 Å². The molecule has 0 bridgehead atoms. The zero-order valence-corrected chi connectivity index (χ0v) is 10.2. The lowest BCUT2D eigenvalue weighted by Gasteiger charge is -2.22. The van der Waals surface area contributed by atoms with Crippen LogP contribution in [0.15, 0.2) is 12.2 Å². The maximum Gasteiger partial charge on any atom is 0.434 e. The zero-order chi connectivity index (χ0) is 16.1. The van der Waals surface area contributed by atoms with E-state index in [2.05, 4.69) is 9.47 Å². The number of alkyl halides is 6. The smallest absolute Gasteiger partial charge is 0.434 e. The number of esters is 2. The summed E-state index contributed by atoms with van der Waals surface area (Å²) in [7, 11) is 0. The standard InChI is InChI=1S/C10H10F6O4/c1-5(2)19-6(17)3-4-7(18)20-8(9(11,12)13)10(14,15)16/h3-5,8H,1-2H3. The van der Waals surface area contributed by atoms with Crippen molar-refractivity contribution in [3.63, 3.8) is 0 Å².